The lowest BCUT2D eigenvalue weighted by Crippen LogP contribution is -2.26. The van der Waals surface area contributed by atoms with E-state index in [0.717, 1.165) is 0 Å². The van der Waals surface area contributed by atoms with Crippen LogP contribution >= 0.6 is 0 Å². The van der Waals surface area contributed by atoms with Crippen LogP contribution in [0.25, 0.3) is 0 Å². The van der Waals surface area contributed by atoms with Gasteiger partial charge in [-0.05, 0) is 0 Å². The highest BCUT2D eigenvalue weighted by Gasteiger charge is 1.88. The van der Waals surface area contributed by atoms with Gasteiger partial charge in [-0.25, -0.2) is 4.79 Å². The van der Waals surface area contributed by atoms with Crippen LogP contribution in [-0.2, 0) is 4.79 Å². The summed E-state index contributed by atoms with van der Waals surface area (Å²) in [4.78, 5) is 12.4. The van der Waals surface area contributed by atoms with Crippen LogP contribution in [0.2, 0.25) is 0 Å². The van der Waals surface area contributed by atoms with E-state index in [1.807, 2.05) is 0 Å². The Bertz CT molecular complexity index is 86.2. The summed E-state index contributed by atoms with van der Waals surface area (Å²) in [5.74, 6) is 0. The quantitative estimate of drug-likeness (QED) is 0.330. The topological polar surface area (TPSA) is 81.5 Å². The molecule has 0 bridgehead atoms. The van der Waals surface area contributed by atoms with Crippen LogP contribution in [0.15, 0.2) is 4.99 Å². The van der Waals surface area contributed by atoms with Gasteiger partial charge in [-0.1, -0.05) is 0 Å². The first-order chi connectivity index (χ1) is 3.31. The fourth-order valence-corrected chi connectivity index (χ4v) is 0.120. The Labute approximate surface area is 41.2 Å². The lowest BCUT2D eigenvalue weighted by molar-refractivity contribution is 0.557. The Kier molecular flexibility index (Phi) is 3.14. The minimum absolute atomic E-state index is 0.190. The van der Waals surface area contributed by atoms with Gasteiger partial charge in [0.1, 0.15) is 6.17 Å². The average molecular weight is 101 g/mol. The number of carbonyl (C=O) groups excluding carboxylic acids is 1. The van der Waals surface area contributed by atoms with Crippen LogP contribution in [0.3, 0.4) is 0 Å². The van der Waals surface area contributed by atoms with Crippen LogP contribution < -0.4 is 11.5 Å². The van der Waals surface area contributed by atoms with Crippen LogP contribution in [0, 0.1) is 0 Å². The molecule has 0 aromatic rings. The molecule has 0 aromatic heterocycles. The van der Waals surface area contributed by atoms with Gasteiger partial charge in [-0.3, -0.25) is 0 Å². The van der Waals surface area contributed by atoms with Crippen molar-refractivity contribution < 1.29 is 4.79 Å². The third kappa shape index (κ3) is 3.12. The van der Waals surface area contributed by atoms with Gasteiger partial charge in [0.2, 0.25) is 6.08 Å². The number of rotatable bonds is 2. The Morgan fingerprint density at radius 2 is 2.43 bits per heavy atom. The molecular weight excluding hydrogens is 94.1 g/mol. The van der Waals surface area contributed by atoms with Crippen LogP contribution in [-0.4, -0.2) is 18.8 Å². The van der Waals surface area contributed by atoms with E-state index in [2.05, 4.69) is 4.99 Å². The van der Waals surface area contributed by atoms with Gasteiger partial charge in [0.25, 0.3) is 0 Å². The van der Waals surface area contributed by atoms with Gasteiger partial charge in [-0.2, -0.15) is 4.99 Å². The molecule has 0 spiro atoms. The summed E-state index contributed by atoms with van der Waals surface area (Å²) in [5.41, 5.74) is 9.99. The Hall–Kier alpha value is -0.700. The highest BCUT2D eigenvalue weighted by Crippen LogP contribution is 1.67. The highest BCUT2D eigenvalue weighted by molar-refractivity contribution is 5.33. The maximum atomic E-state index is 9.35. The van der Waals surface area contributed by atoms with E-state index in [9.17, 15) is 4.79 Å². The number of nitrogens with two attached hydrogens (primary N) is 2. The molecule has 0 aliphatic rings. The number of isocyanates is 1. The molecule has 0 heterocycles. The first-order valence-corrected chi connectivity index (χ1v) is 1.84. The van der Waals surface area contributed by atoms with Crippen molar-refractivity contribution in [2.45, 2.75) is 6.17 Å². The smallest absolute Gasteiger partial charge is 0.236 e. The van der Waals surface area contributed by atoms with Crippen molar-refractivity contribution >= 4 is 6.08 Å². The molecule has 0 fully saturated rings. The number of hydrogen-bond donors (Lipinski definition) is 2. The Morgan fingerprint density at radius 1 is 1.86 bits per heavy atom. The summed E-state index contributed by atoms with van der Waals surface area (Å²) in [6.45, 7) is 0.190. The van der Waals surface area contributed by atoms with Crippen LogP contribution in [0.1, 0.15) is 0 Å². The highest BCUT2D eigenvalue weighted by atomic mass is 16.1. The zero-order chi connectivity index (χ0) is 5.70. The third-order valence-electron chi connectivity index (χ3n) is 0.460. The molecule has 0 saturated heterocycles. The molecule has 0 radical (unpaired) electrons. The third-order valence-corrected chi connectivity index (χ3v) is 0.460. The first kappa shape index (κ1) is 6.30. The summed E-state index contributed by atoms with van der Waals surface area (Å²) in [6.07, 6.45) is 0.717. The molecule has 1 unspecified atom stereocenters. The predicted molar refractivity (Wildman–Crippen MR) is 25.2 cm³/mol. The number of nitrogens with zero attached hydrogens (tertiary/aromatic N) is 1. The zero-order valence-corrected chi connectivity index (χ0v) is 3.79. The molecular formula is C3H7N3O. The molecule has 1 atom stereocenters. The molecule has 7 heavy (non-hydrogen) atoms. The molecule has 0 aliphatic heterocycles. The molecule has 4 heteroatoms. The van der Waals surface area contributed by atoms with E-state index < -0.39 is 6.17 Å². The molecule has 0 aromatic carbocycles. The predicted octanol–water partition coefficient (Wildman–Crippen LogP) is -1.43. The molecule has 0 amide bonds. The van der Waals surface area contributed by atoms with Crippen LogP contribution in [0.4, 0.5) is 0 Å². The van der Waals surface area contributed by atoms with Gasteiger partial charge in [0.05, 0.1) is 0 Å². The van der Waals surface area contributed by atoms with Crippen LogP contribution in [0.5, 0.6) is 0 Å². The van der Waals surface area contributed by atoms with Crippen molar-refractivity contribution in [3.8, 4) is 0 Å². The van der Waals surface area contributed by atoms with E-state index >= 15 is 0 Å². The molecule has 4 N–H and O–H groups in total. The summed E-state index contributed by atoms with van der Waals surface area (Å²) in [7, 11) is 0. The monoisotopic (exact) mass is 101 g/mol. The van der Waals surface area contributed by atoms with Gasteiger partial charge >= 0.3 is 0 Å². The second kappa shape index (κ2) is 3.49. The maximum absolute atomic E-state index is 9.35. The van der Waals surface area contributed by atoms with Gasteiger partial charge in [0, 0.05) is 6.54 Å². The Morgan fingerprint density at radius 3 is 2.57 bits per heavy atom. The maximum Gasteiger partial charge on any atom is 0.236 e. The largest absolute Gasteiger partial charge is 0.327 e. The number of aliphatic imine (C=N–C) groups is 1. The van der Waals surface area contributed by atoms with E-state index in [1.165, 1.54) is 6.08 Å². The molecule has 0 aliphatic carbocycles. The van der Waals surface area contributed by atoms with E-state index in [-0.39, 0.29) is 6.54 Å². The van der Waals surface area contributed by atoms with Crippen molar-refractivity contribution in [3.63, 3.8) is 0 Å². The second-order valence-electron chi connectivity index (χ2n) is 1.02. The SMILES string of the molecule is NCC(N)N=C=O. The average Bonchev–Trinajstić information content (AvgIpc) is 1.68. The molecule has 4 nitrogen and oxygen atoms in total. The summed E-state index contributed by atoms with van der Waals surface area (Å²) in [6, 6.07) is 0. The van der Waals surface area contributed by atoms with Crippen molar-refractivity contribution in [3.05, 3.63) is 0 Å². The standard InChI is InChI=1S/C3H7N3O/c4-1-3(5)6-2-7/h3H,1,4-5H2. The molecule has 0 saturated carbocycles. The van der Waals surface area contributed by atoms with Crippen molar-refractivity contribution in [2.75, 3.05) is 6.54 Å². The van der Waals surface area contributed by atoms with Gasteiger partial charge < -0.3 is 11.5 Å². The fourth-order valence-electron chi connectivity index (χ4n) is 0.120. The normalized spacial score (nSPS) is 12.3. The van der Waals surface area contributed by atoms with Gasteiger partial charge in [-0.15, -0.1) is 0 Å². The minimum atomic E-state index is -0.572. The second-order valence-corrected chi connectivity index (χ2v) is 1.02. The van der Waals surface area contributed by atoms with Crippen molar-refractivity contribution in [1.29, 1.82) is 0 Å². The summed E-state index contributed by atoms with van der Waals surface area (Å²) >= 11 is 0. The lowest BCUT2D eigenvalue weighted by Gasteiger charge is -1.93. The fraction of sp³-hybridized carbons (Fsp3) is 0.667. The molecule has 0 rings (SSSR count). The number of hydrogen-bond acceptors (Lipinski definition) is 4. The van der Waals surface area contributed by atoms with Crippen molar-refractivity contribution in [2.24, 2.45) is 16.5 Å². The lowest BCUT2D eigenvalue weighted by atomic mass is 10.5. The first-order valence-electron chi connectivity index (χ1n) is 1.84. The summed E-state index contributed by atoms with van der Waals surface area (Å²) < 4.78 is 0. The van der Waals surface area contributed by atoms with Crippen molar-refractivity contribution in [1.82, 2.24) is 0 Å². The summed E-state index contributed by atoms with van der Waals surface area (Å²) in [5, 5.41) is 0. The minimum Gasteiger partial charge on any atom is -0.327 e. The van der Waals surface area contributed by atoms with E-state index in [1.54, 1.807) is 0 Å². The van der Waals surface area contributed by atoms with E-state index in [0.29, 0.717) is 0 Å². The van der Waals surface area contributed by atoms with Gasteiger partial charge in [0.15, 0.2) is 0 Å². The zero-order valence-electron chi connectivity index (χ0n) is 3.79. The Balaban J connectivity index is 3.35. The van der Waals surface area contributed by atoms with E-state index in [4.69, 9.17) is 11.5 Å². The molecule has 40 valence electrons.